The Morgan fingerprint density at radius 2 is 1.83 bits per heavy atom. The number of aliphatic carboxylic acids is 2. The molecule has 1 saturated heterocycles. The van der Waals surface area contributed by atoms with Gasteiger partial charge in [0, 0.05) is 6.54 Å². The number of carboxylic acid groups (broad SMARTS) is 2. The minimum Gasteiger partial charge on any atom is -0.481 e. The third-order valence-electron chi connectivity index (χ3n) is 2.06. The average Bonchev–Trinajstić information content (AvgIpc) is 2.04. The minimum atomic E-state index is -0.904. The number of piperidine rings is 1. The topological polar surface area (TPSA) is 86.6 Å². The van der Waals surface area contributed by atoms with Crippen LogP contribution in [0.5, 0.6) is 0 Å². The molecule has 3 N–H and O–H groups in total. The SMILES string of the molecule is O=C(O)[C@H]1CC[C@@H](C(=O)O)NC1. The molecule has 0 aromatic rings. The van der Waals surface area contributed by atoms with Crippen LogP contribution in [0.1, 0.15) is 12.8 Å². The predicted octanol–water partition coefficient (Wildman–Crippen LogP) is -0.476. The Hall–Kier alpha value is -1.10. The first-order valence-corrected chi connectivity index (χ1v) is 3.80. The standard InChI is InChI=1S/C7H11NO4/c9-6(10)4-1-2-5(7(11)12)8-3-4/h4-5,8H,1-3H2,(H,9,10)(H,11,12)/t4-,5-/m0/s1. The summed E-state index contributed by atoms with van der Waals surface area (Å²) in [5.41, 5.74) is 0. The van der Waals surface area contributed by atoms with E-state index >= 15 is 0 Å². The van der Waals surface area contributed by atoms with E-state index in [2.05, 4.69) is 5.32 Å². The molecule has 0 aliphatic carbocycles. The van der Waals surface area contributed by atoms with Crippen LogP contribution >= 0.6 is 0 Å². The third-order valence-corrected chi connectivity index (χ3v) is 2.06. The summed E-state index contributed by atoms with van der Waals surface area (Å²) in [6.45, 7) is 0.256. The van der Waals surface area contributed by atoms with Gasteiger partial charge in [0.1, 0.15) is 6.04 Å². The van der Waals surface area contributed by atoms with Crippen molar-refractivity contribution in [2.75, 3.05) is 6.54 Å². The molecule has 0 aromatic heterocycles. The van der Waals surface area contributed by atoms with Crippen LogP contribution in [0.15, 0.2) is 0 Å². The van der Waals surface area contributed by atoms with Crippen LogP contribution in [0.2, 0.25) is 0 Å². The van der Waals surface area contributed by atoms with Crippen molar-refractivity contribution in [3.8, 4) is 0 Å². The maximum absolute atomic E-state index is 10.4. The van der Waals surface area contributed by atoms with Crippen molar-refractivity contribution in [1.82, 2.24) is 5.32 Å². The quantitative estimate of drug-likeness (QED) is 0.525. The second-order valence-electron chi connectivity index (χ2n) is 2.91. The second kappa shape index (κ2) is 3.53. The predicted molar refractivity (Wildman–Crippen MR) is 39.8 cm³/mol. The summed E-state index contributed by atoms with van der Waals surface area (Å²) in [6, 6.07) is -0.569. The number of nitrogens with one attached hydrogen (secondary N) is 1. The van der Waals surface area contributed by atoms with Crippen molar-refractivity contribution in [3.05, 3.63) is 0 Å². The van der Waals surface area contributed by atoms with Crippen LogP contribution in [0.4, 0.5) is 0 Å². The van der Waals surface area contributed by atoms with Crippen molar-refractivity contribution in [2.24, 2.45) is 5.92 Å². The van der Waals surface area contributed by atoms with E-state index in [1.165, 1.54) is 0 Å². The van der Waals surface area contributed by atoms with Crippen LogP contribution in [0, 0.1) is 5.92 Å². The van der Waals surface area contributed by atoms with Gasteiger partial charge in [0.2, 0.25) is 0 Å². The van der Waals surface area contributed by atoms with Crippen molar-refractivity contribution >= 4 is 11.9 Å². The summed E-state index contributed by atoms with van der Waals surface area (Å²) in [6.07, 6.45) is 0.839. The molecule has 0 unspecified atom stereocenters. The molecular formula is C7H11NO4. The molecule has 1 rings (SSSR count). The van der Waals surface area contributed by atoms with Gasteiger partial charge in [0.05, 0.1) is 5.92 Å². The summed E-state index contributed by atoms with van der Waals surface area (Å²) in [4.78, 5) is 20.9. The van der Waals surface area contributed by atoms with E-state index in [0.29, 0.717) is 12.8 Å². The zero-order valence-electron chi connectivity index (χ0n) is 6.49. The number of carboxylic acids is 2. The Kier molecular flexibility index (Phi) is 2.65. The van der Waals surface area contributed by atoms with E-state index in [0.717, 1.165) is 0 Å². The summed E-state index contributed by atoms with van der Waals surface area (Å²) >= 11 is 0. The highest BCUT2D eigenvalue weighted by molar-refractivity contribution is 5.75. The van der Waals surface area contributed by atoms with E-state index in [9.17, 15) is 9.59 Å². The summed E-state index contributed by atoms with van der Waals surface area (Å²) in [5.74, 6) is -2.19. The van der Waals surface area contributed by atoms with Crippen molar-refractivity contribution in [1.29, 1.82) is 0 Å². The van der Waals surface area contributed by atoms with Crippen LogP contribution in [0.25, 0.3) is 0 Å². The Bertz CT molecular complexity index is 174. The molecule has 68 valence electrons. The number of rotatable bonds is 2. The number of carbonyl (C=O) groups is 2. The van der Waals surface area contributed by atoms with Gasteiger partial charge < -0.3 is 15.5 Å². The number of hydrogen-bond donors (Lipinski definition) is 3. The van der Waals surface area contributed by atoms with Gasteiger partial charge in [-0.15, -0.1) is 0 Å². The third kappa shape index (κ3) is 1.94. The lowest BCUT2D eigenvalue weighted by Crippen LogP contribution is -2.45. The van der Waals surface area contributed by atoms with Gasteiger partial charge in [-0.05, 0) is 12.8 Å². The van der Waals surface area contributed by atoms with Gasteiger partial charge in [0.15, 0.2) is 0 Å². The largest absolute Gasteiger partial charge is 0.481 e. The van der Waals surface area contributed by atoms with Crippen molar-refractivity contribution < 1.29 is 19.8 Å². The summed E-state index contributed by atoms with van der Waals surface area (Å²) < 4.78 is 0. The molecule has 0 spiro atoms. The van der Waals surface area contributed by atoms with Gasteiger partial charge >= 0.3 is 11.9 Å². The Morgan fingerprint density at radius 3 is 2.17 bits per heavy atom. The molecule has 1 heterocycles. The van der Waals surface area contributed by atoms with Gasteiger partial charge in [0.25, 0.3) is 0 Å². The van der Waals surface area contributed by atoms with Crippen molar-refractivity contribution in [2.45, 2.75) is 18.9 Å². The van der Waals surface area contributed by atoms with E-state index in [4.69, 9.17) is 10.2 Å². The van der Waals surface area contributed by atoms with Gasteiger partial charge in [-0.3, -0.25) is 9.59 Å². The first kappa shape index (κ1) is 8.99. The fourth-order valence-corrected chi connectivity index (χ4v) is 1.28. The molecule has 1 aliphatic rings. The number of hydrogen-bond acceptors (Lipinski definition) is 3. The van der Waals surface area contributed by atoms with E-state index < -0.39 is 23.9 Å². The highest BCUT2D eigenvalue weighted by atomic mass is 16.4. The summed E-state index contributed by atoms with van der Waals surface area (Å²) in [7, 11) is 0. The van der Waals surface area contributed by atoms with E-state index in [1.807, 2.05) is 0 Å². The Labute approximate surface area is 69.4 Å². The molecule has 5 nitrogen and oxygen atoms in total. The highest BCUT2D eigenvalue weighted by Gasteiger charge is 2.28. The smallest absolute Gasteiger partial charge is 0.320 e. The Morgan fingerprint density at radius 1 is 1.17 bits per heavy atom. The molecule has 1 aliphatic heterocycles. The van der Waals surface area contributed by atoms with Crippen LogP contribution in [-0.4, -0.2) is 34.7 Å². The lowest BCUT2D eigenvalue weighted by atomic mass is 9.95. The van der Waals surface area contributed by atoms with Crippen LogP contribution in [-0.2, 0) is 9.59 Å². The molecule has 2 atom stereocenters. The maximum atomic E-state index is 10.4. The molecule has 0 aromatic carbocycles. The first-order chi connectivity index (χ1) is 5.61. The van der Waals surface area contributed by atoms with E-state index in [1.54, 1.807) is 0 Å². The fraction of sp³-hybridized carbons (Fsp3) is 0.714. The molecule has 0 saturated carbocycles. The zero-order chi connectivity index (χ0) is 9.14. The van der Waals surface area contributed by atoms with Crippen LogP contribution in [0.3, 0.4) is 0 Å². The lowest BCUT2D eigenvalue weighted by molar-refractivity contribution is -0.146. The summed E-state index contributed by atoms with van der Waals surface area (Å²) in [5, 5.41) is 19.8. The molecule has 0 amide bonds. The molecule has 12 heavy (non-hydrogen) atoms. The monoisotopic (exact) mass is 173 g/mol. The molecule has 0 radical (unpaired) electrons. The van der Waals surface area contributed by atoms with Gasteiger partial charge in [-0.25, -0.2) is 0 Å². The minimum absolute atomic E-state index is 0.256. The molecule has 5 heteroatoms. The highest BCUT2D eigenvalue weighted by Crippen LogP contribution is 2.14. The maximum Gasteiger partial charge on any atom is 0.320 e. The average molecular weight is 173 g/mol. The molecule has 0 bridgehead atoms. The normalized spacial score (nSPS) is 29.7. The lowest BCUT2D eigenvalue weighted by Gasteiger charge is -2.24. The zero-order valence-corrected chi connectivity index (χ0v) is 6.49. The molecular weight excluding hydrogens is 162 g/mol. The van der Waals surface area contributed by atoms with Gasteiger partial charge in [-0.2, -0.15) is 0 Å². The van der Waals surface area contributed by atoms with Gasteiger partial charge in [-0.1, -0.05) is 0 Å². The second-order valence-corrected chi connectivity index (χ2v) is 2.91. The fourth-order valence-electron chi connectivity index (χ4n) is 1.28. The van der Waals surface area contributed by atoms with E-state index in [-0.39, 0.29) is 6.54 Å². The first-order valence-electron chi connectivity index (χ1n) is 3.80. The van der Waals surface area contributed by atoms with Crippen LogP contribution < -0.4 is 5.32 Å². The Balaban J connectivity index is 2.39. The van der Waals surface area contributed by atoms with Crippen molar-refractivity contribution in [3.63, 3.8) is 0 Å². The molecule has 1 fully saturated rings.